The minimum Gasteiger partial charge on any atom is -0.464 e. The Labute approximate surface area is 174 Å². The standard InChI is InChI=1S/C26H19FN2O/c27-21-9-5-8-20(15-21)26-29-24(22-10-3-4-11-25(22)30-26)16-23(28-29)19-13-12-17-6-1-2-7-18(17)14-19/h1-15,24,26H,16H2/t24-,26-/m1/s1. The van der Waals surface area contributed by atoms with Crippen molar-refractivity contribution in [3.63, 3.8) is 0 Å². The Bertz CT molecular complexity index is 1300. The summed E-state index contributed by atoms with van der Waals surface area (Å²) in [6.45, 7) is 0. The lowest BCUT2D eigenvalue weighted by molar-refractivity contribution is -0.0192. The van der Waals surface area contributed by atoms with Gasteiger partial charge in [-0.25, -0.2) is 9.40 Å². The number of ether oxygens (including phenoxy) is 1. The van der Waals surface area contributed by atoms with Gasteiger partial charge < -0.3 is 4.74 Å². The van der Waals surface area contributed by atoms with E-state index in [2.05, 4.69) is 42.5 Å². The topological polar surface area (TPSA) is 24.8 Å². The second kappa shape index (κ2) is 6.70. The van der Waals surface area contributed by atoms with E-state index in [-0.39, 0.29) is 11.9 Å². The van der Waals surface area contributed by atoms with Gasteiger partial charge in [-0.2, -0.15) is 5.10 Å². The third-order valence-electron chi connectivity index (χ3n) is 5.92. The molecule has 2 atom stereocenters. The largest absolute Gasteiger partial charge is 0.464 e. The fourth-order valence-electron chi connectivity index (χ4n) is 4.46. The average molecular weight is 394 g/mol. The van der Waals surface area contributed by atoms with Gasteiger partial charge in [0.05, 0.1) is 11.8 Å². The molecular formula is C26H19FN2O. The molecular weight excluding hydrogens is 375 g/mol. The Morgan fingerprint density at radius 1 is 0.833 bits per heavy atom. The van der Waals surface area contributed by atoms with Crippen LogP contribution in [0.15, 0.2) is 96.1 Å². The Kier molecular flexibility index (Phi) is 3.85. The lowest BCUT2D eigenvalue weighted by atomic mass is 9.95. The molecule has 0 radical (unpaired) electrons. The maximum Gasteiger partial charge on any atom is 0.213 e. The molecule has 0 fully saturated rings. The molecule has 0 bridgehead atoms. The summed E-state index contributed by atoms with van der Waals surface area (Å²) in [6.07, 6.45) is 0.323. The Morgan fingerprint density at radius 3 is 2.57 bits per heavy atom. The molecule has 4 heteroatoms. The fraction of sp³-hybridized carbons (Fsp3) is 0.115. The highest BCUT2D eigenvalue weighted by atomic mass is 19.1. The van der Waals surface area contributed by atoms with Gasteiger partial charge in [-0.05, 0) is 40.6 Å². The molecule has 6 rings (SSSR count). The first-order valence-corrected chi connectivity index (χ1v) is 10.1. The Hall–Kier alpha value is -3.66. The summed E-state index contributed by atoms with van der Waals surface area (Å²) in [4.78, 5) is 0. The molecule has 2 aliphatic rings. The second-order valence-electron chi connectivity index (χ2n) is 7.77. The van der Waals surface area contributed by atoms with Gasteiger partial charge >= 0.3 is 0 Å². The van der Waals surface area contributed by atoms with Crippen molar-refractivity contribution in [2.75, 3.05) is 0 Å². The number of nitrogens with zero attached hydrogens (tertiary/aromatic N) is 2. The number of para-hydroxylation sites is 1. The summed E-state index contributed by atoms with van der Waals surface area (Å²) in [5.41, 5.74) is 4.01. The van der Waals surface area contributed by atoms with Crippen molar-refractivity contribution < 1.29 is 9.13 Å². The van der Waals surface area contributed by atoms with Crippen LogP contribution in [0, 0.1) is 5.82 Å². The SMILES string of the molecule is Fc1cccc([C@H]2Oc3ccccc3[C@H]3CC(c4ccc5ccccc5c4)=NN32)c1. The second-order valence-corrected chi connectivity index (χ2v) is 7.77. The summed E-state index contributed by atoms with van der Waals surface area (Å²) < 4.78 is 20.2. The molecule has 146 valence electrons. The summed E-state index contributed by atoms with van der Waals surface area (Å²) in [5.74, 6) is 0.562. The lowest BCUT2D eigenvalue weighted by Gasteiger charge is -2.38. The van der Waals surface area contributed by atoms with Crippen molar-refractivity contribution in [3.8, 4) is 5.75 Å². The van der Waals surface area contributed by atoms with Crippen LogP contribution in [0.1, 0.15) is 35.4 Å². The fourth-order valence-corrected chi connectivity index (χ4v) is 4.46. The van der Waals surface area contributed by atoms with Gasteiger partial charge in [0.15, 0.2) is 0 Å². The van der Waals surface area contributed by atoms with E-state index in [9.17, 15) is 4.39 Å². The van der Waals surface area contributed by atoms with Crippen LogP contribution < -0.4 is 4.74 Å². The smallest absolute Gasteiger partial charge is 0.213 e. The lowest BCUT2D eigenvalue weighted by Crippen LogP contribution is -2.33. The van der Waals surface area contributed by atoms with E-state index in [4.69, 9.17) is 9.84 Å². The number of hydrogen-bond donors (Lipinski definition) is 0. The molecule has 0 unspecified atom stereocenters. The minimum atomic E-state index is -0.460. The first-order valence-electron chi connectivity index (χ1n) is 10.1. The van der Waals surface area contributed by atoms with Crippen LogP contribution in [0.3, 0.4) is 0 Å². The molecule has 0 aromatic heterocycles. The average Bonchev–Trinajstić information content (AvgIpc) is 3.24. The van der Waals surface area contributed by atoms with Crippen molar-refractivity contribution in [3.05, 3.63) is 114 Å². The maximum absolute atomic E-state index is 13.9. The van der Waals surface area contributed by atoms with Gasteiger partial charge in [-0.15, -0.1) is 0 Å². The van der Waals surface area contributed by atoms with Gasteiger partial charge in [0.2, 0.25) is 6.23 Å². The van der Waals surface area contributed by atoms with Crippen molar-refractivity contribution in [2.24, 2.45) is 5.10 Å². The zero-order valence-corrected chi connectivity index (χ0v) is 16.2. The molecule has 3 nitrogen and oxygen atoms in total. The van der Waals surface area contributed by atoms with Crippen molar-refractivity contribution >= 4 is 16.5 Å². The molecule has 0 spiro atoms. The summed E-state index contributed by atoms with van der Waals surface area (Å²) in [6, 6.07) is 29.5. The maximum atomic E-state index is 13.9. The van der Waals surface area contributed by atoms with Gasteiger partial charge in [0.1, 0.15) is 11.6 Å². The number of benzene rings is 4. The van der Waals surface area contributed by atoms with Crippen LogP contribution in [0.2, 0.25) is 0 Å². The van der Waals surface area contributed by atoms with E-state index >= 15 is 0 Å². The van der Waals surface area contributed by atoms with Crippen molar-refractivity contribution in [1.29, 1.82) is 0 Å². The van der Waals surface area contributed by atoms with Crippen LogP contribution in [0.5, 0.6) is 5.75 Å². The number of halogens is 1. The monoisotopic (exact) mass is 394 g/mol. The molecule has 0 saturated carbocycles. The van der Waals surface area contributed by atoms with Crippen LogP contribution in [0.25, 0.3) is 10.8 Å². The number of fused-ring (bicyclic) bond motifs is 4. The molecule has 2 aliphatic heterocycles. The van der Waals surface area contributed by atoms with Crippen molar-refractivity contribution in [1.82, 2.24) is 5.01 Å². The van der Waals surface area contributed by atoms with Crippen molar-refractivity contribution in [2.45, 2.75) is 18.7 Å². The summed E-state index contributed by atoms with van der Waals surface area (Å²) >= 11 is 0. The molecule has 0 N–H and O–H groups in total. The predicted octanol–water partition coefficient (Wildman–Crippen LogP) is 6.22. The van der Waals surface area contributed by atoms with Crippen LogP contribution >= 0.6 is 0 Å². The Balaban J connectivity index is 1.45. The van der Waals surface area contributed by atoms with E-state index < -0.39 is 6.23 Å². The van der Waals surface area contributed by atoms with Crippen LogP contribution in [0.4, 0.5) is 4.39 Å². The zero-order chi connectivity index (χ0) is 20.1. The highest BCUT2D eigenvalue weighted by Gasteiger charge is 2.40. The molecule has 2 heterocycles. The van der Waals surface area contributed by atoms with Crippen LogP contribution in [-0.4, -0.2) is 10.7 Å². The predicted molar refractivity (Wildman–Crippen MR) is 116 cm³/mol. The zero-order valence-electron chi connectivity index (χ0n) is 16.2. The van der Waals surface area contributed by atoms with Gasteiger partial charge in [0, 0.05) is 17.5 Å². The number of hydrazone groups is 1. The summed E-state index contributed by atoms with van der Waals surface area (Å²) in [7, 11) is 0. The number of rotatable bonds is 2. The number of hydrogen-bond acceptors (Lipinski definition) is 3. The van der Waals surface area contributed by atoms with E-state index in [0.717, 1.165) is 34.6 Å². The van der Waals surface area contributed by atoms with E-state index in [1.807, 2.05) is 35.3 Å². The molecule has 0 aliphatic carbocycles. The normalized spacial score (nSPS) is 19.8. The van der Waals surface area contributed by atoms with Gasteiger partial charge in [-0.3, -0.25) is 0 Å². The van der Waals surface area contributed by atoms with E-state index in [0.29, 0.717) is 0 Å². The first kappa shape index (κ1) is 17.2. The molecule has 0 amide bonds. The third-order valence-corrected chi connectivity index (χ3v) is 5.92. The Morgan fingerprint density at radius 2 is 1.67 bits per heavy atom. The molecule has 4 aromatic carbocycles. The van der Waals surface area contributed by atoms with E-state index in [1.165, 1.54) is 22.9 Å². The third kappa shape index (κ3) is 2.76. The van der Waals surface area contributed by atoms with Gasteiger partial charge in [0.25, 0.3) is 0 Å². The highest BCUT2D eigenvalue weighted by molar-refractivity contribution is 6.04. The van der Waals surface area contributed by atoms with E-state index in [1.54, 1.807) is 6.07 Å². The summed E-state index contributed by atoms with van der Waals surface area (Å²) in [5, 5.41) is 9.37. The first-order chi connectivity index (χ1) is 14.8. The quantitative estimate of drug-likeness (QED) is 0.403. The molecule has 30 heavy (non-hydrogen) atoms. The van der Waals surface area contributed by atoms with Gasteiger partial charge in [-0.1, -0.05) is 66.7 Å². The van der Waals surface area contributed by atoms with Crippen LogP contribution in [-0.2, 0) is 0 Å². The molecule has 0 saturated heterocycles. The minimum absolute atomic E-state index is 0.0599. The molecule has 4 aromatic rings. The highest BCUT2D eigenvalue weighted by Crippen LogP contribution is 2.47.